The van der Waals surface area contributed by atoms with Crippen LogP contribution in [-0.4, -0.2) is 44.4 Å². The van der Waals surface area contributed by atoms with Gasteiger partial charge in [-0.15, -0.1) is 0 Å². The van der Waals surface area contributed by atoms with E-state index < -0.39 is 0 Å². The number of carbonyl (C=O) groups excluding carboxylic acids is 2. The first kappa shape index (κ1) is 22.2. The van der Waals surface area contributed by atoms with Crippen LogP contribution in [0.1, 0.15) is 54.7 Å². The van der Waals surface area contributed by atoms with E-state index in [-0.39, 0.29) is 24.3 Å². The Morgan fingerprint density at radius 2 is 1.88 bits per heavy atom. The third kappa shape index (κ3) is 5.07. The summed E-state index contributed by atoms with van der Waals surface area (Å²) in [6.45, 7) is 2.78. The summed E-state index contributed by atoms with van der Waals surface area (Å²) in [4.78, 5) is 31.6. The number of carbonyl (C=O) groups is 2. The van der Waals surface area contributed by atoms with Gasteiger partial charge in [0.1, 0.15) is 5.69 Å². The number of amides is 1. The van der Waals surface area contributed by atoms with Crippen LogP contribution in [0.25, 0.3) is 11.3 Å². The number of rotatable bonds is 9. The van der Waals surface area contributed by atoms with Gasteiger partial charge in [-0.2, -0.15) is 5.10 Å². The molecule has 1 aromatic carbocycles. The second-order valence-electron chi connectivity index (χ2n) is 8.27. The van der Waals surface area contributed by atoms with E-state index in [1.807, 2.05) is 47.1 Å². The first-order chi connectivity index (χ1) is 15.5. The van der Waals surface area contributed by atoms with Crippen LogP contribution in [0, 0.1) is 0 Å². The van der Waals surface area contributed by atoms with Crippen molar-refractivity contribution in [3.63, 3.8) is 0 Å². The molecule has 1 aliphatic rings. The third-order valence-electron chi connectivity index (χ3n) is 5.82. The molecule has 0 N–H and O–H groups in total. The summed E-state index contributed by atoms with van der Waals surface area (Å²) in [7, 11) is 0. The molecule has 0 saturated heterocycles. The number of hydrogen-bond donors (Lipinski definition) is 0. The van der Waals surface area contributed by atoms with Crippen molar-refractivity contribution in [1.29, 1.82) is 0 Å². The van der Waals surface area contributed by atoms with Gasteiger partial charge in [0.25, 0.3) is 5.91 Å². The van der Waals surface area contributed by atoms with Gasteiger partial charge >= 0.3 is 0 Å². The molecule has 1 atom stereocenters. The summed E-state index contributed by atoms with van der Waals surface area (Å²) in [5.41, 5.74) is 3.11. The third-order valence-corrected chi connectivity index (χ3v) is 6.07. The van der Waals surface area contributed by atoms with Crippen LogP contribution >= 0.6 is 11.6 Å². The largest absolute Gasteiger partial charge is 0.328 e. The van der Waals surface area contributed by atoms with Crippen molar-refractivity contribution in [2.75, 3.05) is 13.1 Å². The van der Waals surface area contributed by atoms with Gasteiger partial charge < -0.3 is 4.90 Å². The Morgan fingerprint density at radius 3 is 2.59 bits per heavy atom. The molecule has 0 radical (unpaired) electrons. The summed E-state index contributed by atoms with van der Waals surface area (Å²) >= 11 is 6.02. The first-order valence-electron chi connectivity index (χ1n) is 11.1. The first-order valence-corrected chi connectivity index (χ1v) is 11.5. The number of Topliss-reactive ketones (excluding diaryl/α,β-unsaturated/α-hetero) is 1. The zero-order chi connectivity index (χ0) is 22.5. The molecule has 32 heavy (non-hydrogen) atoms. The van der Waals surface area contributed by atoms with E-state index in [0.29, 0.717) is 23.7 Å². The van der Waals surface area contributed by atoms with Crippen LogP contribution in [0.3, 0.4) is 0 Å². The van der Waals surface area contributed by atoms with Gasteiger partial charge in [-0.3, -0.25) is 19.3 Å². The highest BCUT2D eigenvalue weighted by molar-refractivity contribution is 6.30. The molecule has 1 amide bonds. The van der Waals surface area contributed by atoms with E-state index in [0.717, 1.165) is 42.5 Å². The molecular weight excluding hydrogens is 424 g/mol. The smallest absolute Gasteiger partial charge is 0.272 e. The molecule has 1 unspecified atom stereocenters. The minimum atomic E-state index is -0.146. The highest BCUT2D eigenvalue weighted by Gasteiger charge is 2.33. The number of ketones is 1. The lowest BCUT2D eigenvalue weighted by Crippen LogP contribution is -2.45. The highest BCUT2D eigenvalue weighted by Crippen LogP contribution is 2.30. The predicted octanol–water partition coefficient (Wildman–Crippen LogP) is 4.99. The van der Waals surface area contributed by atoms with Gasteiger partial charge in [-0.1, -0.05) is 49.9 Å². The Morgan fingerprint density at radius 1 is 1.12 bits per heavy atom. The van der Waals surface area contributed by atoms with E-state index >= 15 is 0 Å². The van der Waals surface area contributed by atoms with Gasteiger partial charge in [-0.25, -0.2) is 0 Å². The number of hydrogen-bond acceptors (Lipinski definition) is 4. The van der Waals surface area contributed by atoms with Gasteiger partial charge in [0.2, 0.25) is 0 Å². The summed E-state index contributed by atoms with van der Waals surface area (Å²) < 4.78 is 1.87. The maximum atomic E-state index is 13.3. The van der Waals surface area contributed by atoms with E-state index in [9.17, 15) is 9.59 Å². The predicted molar refractivity (Wildman–Crippen MR) is 125 cm³/mol. The summed E-state index contributed by atoms with van der Waals surface area (Å²) in [6, 6.07) is 13.0. The fourth-order valence-corrected chi connectivity index (χ4v) is 4.27. The lowest BCUT2D eigenvalue weighted by atomic mass is 10.0. The monoisotopic (exact) mass is 450 g/mol. The fourth-order valence-electron chi connectivity index (χ4n) is 4.15. The SMILES string of the molecule is CCCCCC1CN(CC(=O)Cc2ccncc2)C(=O)c2cc(-c3ccc(Cl)cc3)nn21. The van der Waals surface area contributed by atoms with Crippen molar-refractivity contribution < 1.29 is 9.59 Å². The molecule has 7 heteroatoms. The van der Waals surface area contributed by atoms with Gasteiger partial charge in [0, 0.05) is 35.9 Å². The zero-order valence-electron chi connectivity index (χ0n) is 18.2. The van der Waals surface area contributed by atoms with Gasteiger partial charge in [0.05, 0.1) is 18.3 Å². The minimum absolute atomic E-state index is 0.0164. The maximum Gasteiger partial charge on any atom is 0.272 e. The Bertz CT molecular complexity index is 1080. The number of halogens is 1. The summed E-state index contributed by atoms with van der Waals surface area (Å²) in [5.74, 6) is -0.129. The van der Waals surface area contributed by atoms with E-state index in [1.165, 1.54) is 0 Å². The van der Waals surface area contributed by atoms with Crippen molar-refractivity contribution in [2.24, 2.45) is 0 Å². The molecule has 0 spiro atoms. The molecule has 3 aromatic rings. The van der Waals surface area contributed by atoms with Crippen molar-refractivity contribution in [1.82, 2.24) is 19.7 Å². The number of unbranched alkanes of at least 4 members (excludes halogenated alkanes) is 2. The van der Waals surface area contributed by atoms with Crippen molar-refractivity contribution in [3.05, 3.63) is 71.1 Å². The molecule has 0 fully saturated rings. The van der Waals surface area contributed by atoms with Crippen LogP contribution in [0.15, 0.2) is 54.9 Å². The molecule has 1 aliphatic heterocycles. The van der Waals surface area contributed by atoms with Crippen LogP contribution in [0.5, 0.6) is 0 Å². The van der Waals surface area contributed by atoms with E-state index in [1.54, 1.807) is 17.3 Å². The Balaban J connectivity index is 1.56. The van der Waals surface area contributed by atoms with Crippen LogP contribution in [0.4, 0.5) is 0 Å². The molecule has 3 heterocycles. The molecule has 0 aliphatic carbocycles. The average molecular weight is 451 g/mol. The van der Waals surface area contributed by atoms with E-state index in [4.69, 9.17) is 16.7 Å². The van der Waals surface area contributed by atoms with Gasteiger partial charge in [-0.05, 0) is 42.3 Å². The lowest BCUT2D eigenvalue weighted by Gasteiger charge is -2.33. The van der Waals surface area contributed by atoms with Crippen LogP contribution in [-0.2, 0) is 11.2 Å². The molecule has 0 saturated carbocycles. The number of aromatic nitrogens is 3. The number of pyridine rings is 1. The highest BCUT2D eigenvalue weighted by atomic mass is 35.5. The summed E-state index contributed by atoms with van der Waals surface area (Å²) in [5, 5.41) is 5.43. The molecule has 6 nitrogen and oxygen atoms in total. The quantitative estimate of drug-likeness (QED) is 0.431. The minimum Gasteiger partial charge on any atom is -0.328 e. The number of fused-ring (bicyclic) bond motifs is 1. The normalized spacial score (nSPS) is 15.6. The zero-order valence-corrected chi connectivity index (χ0v) is 19.0. The molecule has 166 valence electrons. The standard InChI is InChI=1S/C25H27ClN4O2/c1-2-3-4-5-21-16-29(17-22(31)14-18-10-12-27-13-11-18)25(32)24-15-23(28-30(21)24)19-6-8-20(26)9-7-19/h6-13,15,21H,2-5,14,16-17H2,1H3. The van der Waals surface area contributed by atoms with Crippen molar-refractivity contribution in [2.45, 2.75) is 45.1 Å². The topological polar surface area (TPSA) is 68.1 Å². The Kier molecular flexibility index (Phi) is 7.00. The Hall–Kier alpha value is -2.99. The second kappa shape index (κ2) is 10.1. The van der Waals surface area contributed by atoms with Crippen molar-refractivity contribution >= 4 is 23.3 Å². The lowest BCUT2D eigenvalue weighted by molar-refractivity contribution is -0.119. The Labute approximate surface area is 193 Å². The van der Waals surface area contributed by atoms with Gasteiger partial charge in [0.15, 0.2) is 5.78 Å². The van der Waals surface area contributed by atoms with Crippen LogP contribution < -0.4 is 0 Å². The summed E-state index contributed by atoms with van der Waals surface area (Å²) in [6.07, 6.45) is 7.88. The fraction of sp³-hybridized carbons (Fsp3) is 0.360. The maximum absolute atomic E-state index is 13.3. The number of nitrogens with zero attached hydrogens (tertiary/aromatic N) is 4. The van der Waals surface area contributed by atoms with E-state index in [2.05, 4.69) is 11.9 Å². The second-order valence-corrected chi connectivity index (χ2v) is 8.71. The molecular formula is C25H27ClN4O2. The molecule has 2 aromatic heterocycles. The molecule has 0 bridgehead atoms. The number of benzene rings is 1. The van der Waals surface area contributed by atoms with Crippen molar-refractivity contribution in [3.8, 4) is 11.3 Å². The van der Waals surface area contributed by atoms with Crippen LogP contribution in [0.2, 0.25) is 5.02 Å². The average Bonchev–Trinajstić information content (AvgIpc) is 3.24. The molecule has 4 rings (SSSR count).